The van der Waals surface area contributed by atoms with E-state index in [0.29, 0.717) is 18.7 Å². The maximum Gasteiger partial charge on any atom is 0.244 e. The number of rotatable bonds is 11. The molecule has 38 heavy (non-hydrogen) atoms. The summed E-state index contributed by atoms with van der Waals surface area (Å²) in [5, 5.41) is 2.86. The van der Waals surface area contributed by atoms with Crippen molar-refractivity contribution in [2.45, 2.75) is 46.7 Å². The van der Waals surface area contributed by atoms with Gasteiger partial charge in [0.2, 0.25) is 21.8 Å². The molecular formula is C30H37N3O4S. The minimum Gasteiger partial charge on any atom is -0.355 e. The Kier molecular flexibility index (Phi) is 9.69. The van der Waals surface area contributed by atoms with Crippen LogP contribution in [0.3, 0.4) is 0 Å². The Morgan fingerprint density at radius 2 is 1.47 bits per heavy atom. The molecule has 0 aromatic heterocycles. The Morgan fingerprint density at radius 1 is 0.842 bits per heavy atom. The van der Waals surface area contributed by atoms with Gasteiger partial charge in [-0.15, -0.1) is 0 Å². The number of benzene rings is 3. The van der Waals surface area contributed by atoms with Crippen molar-refractivity contribution in [2.75, 3.05) is 23.7 Å². The highest BCUT2D eigenvalue weighted by Gasteiger charge is 2.33. The Balaban J connectivity index is 2.06. The predicted octanol–water partition coefficient (Wildman–Crippen LogP) is 4.15. The standard InChI is InChI=1S/C30H37N3O4S/c1-6-31-30(35)28(19-25-12-8-7-9-13-25)32(20-26-14-10-11-22(2)16-26)29(34)21-33(38(5,36)37)27-17-23(3)15-24(4)18-27/h7-18,28H,6,19-21H2,1-5H3,(H,31,35)/t28-/m0/s1. The van der Waals surface area contributed by atoms with Crippen LogP contribution in [-0.4, -0.2) is 50.5 Å². The Hall–Kier alpha value is -3.65. The number of nitrogens with one attached hydrogen (secondary N) is 1. The predicted molar refractivity (Wildman–Crippen MR) is 152 cm³/mol. The third kappa shape index (κ3) is 7.92. The number of sulfonamides is 1. The molecule has 0 spiro atoms. The molecule has 0 unspecified atom stereocenters. The van der Waals surface area contributed by atoms with Crippen molar-refractivity contribution in [1.82, 2.24) is 10.2 Å². The fourth-order valence-corrected chi connectivity index (χ4v) is 5.39. The van der Waals surface area contributed by atoms with Gasteiger partial charge in [0.05, 0.1) is 11.9 Å². The van der Waals surface area contributed by atoms with Gasteiger partial charge in [-0.05, 0) is 62.1 Å². The molecule has 0 bridgehead atoms. The van der Waals surface area contributed by atoms with Gasteiger partial charge in [-0.1, -0.05) is 66.2 Å². The van der Waals surface area contributed by atoms with E-state index in [0.717, 1.165) is 38.4 Å². The van der Waals surface area contributed by atoms with Crippen LogP contribution in [0.4, 0.5) is 5.69 Å². The number of amides is 2. The largest absolute Gasteiger partial charge is 0.355 e. The van der Waals surface area contributed by atoms with Gasteiger partial charge in [-0.25, -0.2) is 8.42 Å². The summed E-state index contributed by atoms with van der Waals surface area (Å²) in [6.45, 7) is 7.72. The van der Waals surface area contributed by atoms with Gasteiger partial charge in [0.25, 0.3) is 0 Å². The molecule has 0 radical (unpaired) electrons. The van der Waals surface area contributed by atoms with E-state index in [1.165, 1.54) is 4.90 Å². The van der Waals surface area contributed by atoms with Crippen LogP contribution >= 0.6 is 0 Å². The van der Waals surface area contributed by atoms with Gasteiger partial charge in [0.1, 0.15) is 12.6 Å². The average Bonchev–Trinajstić information content (AvgIpc) is 2.84. The molecule has 8 heteroatoms. The fourth-order valence-electron chi connectivity index (χ4n) is 4.56. The maximum atomic E-state index is 14.0. The lowest BCUT2D eigenvalue weighted by atomic mass is 10.0. The number of likely N-dealkylation sites (N-methyl/N-ethyl adjacent to an activating group) is 1. The number of carbonyl (C=O) groups is 2. The first-order chi connectivity index (χ1) is 18.0. The number of hydrogen-bond donors (Lipinski definition) is 1. The zero-order valence-corrected chi connectivity index (χ0v) is 23.6. The molecule has 202 valence electrons. The van der Waals surface area contributed by atoms with Gasteiger partial charge >= 0.3 is 0 Å². The molecule has 3 rings (SSSR count). The van der Waals surface area contributed by atoms with Crippen LogP contribution in [0.15, 0.2) is 72.8 Å². The zero-order chi connectivity index (χ0) is 27.9. The van der Waals surface area contributed by atoms with Crippen LogP contribution < -0.4 is 9.62 Å². The van der Waals surface area contributed by atoms with Gasteiger partial charge in [-0.2, -0.15) is 0 Å². The Bertz CT molecular complexity index is 1350. The summed E-state index contributed by atoms with van der Waals surface area (Å²) < 4.78 is 26.9. The van der Waals surface area contributed by atoms with Crippen molar-refractivity contribution in [3.63, 3.8) is 0 Å². The molecule has 2 amide bonds. The third-order valence-corrected chi connectivity index (χ3v) is 7.37. The summed E-state index contributed by atoms with van der Waals surface area (Å²) in [6, 6.07) is 21.9. The number of hydrogen-bond acceptors (Lipinski definition) is 4. The summed E-state index contributed by atoms with van der Waals surface area (Å²) >= 11 is 0. The number of aryl methyl sites for hydroxylation is 3. The lowest BCUT2D eigenvalue weighted by Crippen LogP contribution is -2.53. The summed E-state index contributed by atoms with van der Waals surface area (Å²) in [6.07, 6.45) is 1.39. The second-order valence-corrected chi connectivity index (χ2v) is 11.6. The van der Waals surface area contributed by atoms with Gasteiger partial charge in [0.15, 0.2) is 0 Å². The number of anilines is 1. The topological polar surface area (TPSA) is 86.8 Å². The summed E-state index contributed by atoms with van der Waals surface area (Å²) in [4.78, 5) is 28.9. The summed E-state index contributed by atoms with van der Waals surface area (Å²) in [5.74, 6) is -0.738. The van der Waals surface area contributed by atoms with Crippen LogP contribution in [0.5, 0.6) is 0 Å². The van der Waals surface area contributed by atoms with Crippen molar-refractivity contribution in [2.24, 2.45) is 0 Å². The highest BCUT2D eigenvalue weighted by Crippen LogP contribution is 2.23. The molecular weight excluding hydrogens is 498 g/mol. The van der Waals surface area contributed by atoms with Crippen molar-refractivity contribution in [3.8, 4) is 0 Å². The lowest BCUT2D eigenvalue weighted by Gasteiger charge is -2.33. The highest BCUT2D eigenvalue weighted by molar-refractivity contribution is 7.92. The molecule has 0 fully saturated rings. The van der Waals surface area contributed by atoms with E-state index < -0.39 is 28.5 Å². The first-order valence-corrected chi connectivity index (χ1v) is 14.6. The fraction of sp³-hybridized carbons (Fsp3) is 0.333. The van der Waals surface area contributed by atoms with Crippen LogP contribution in [0.1, 0.15) is 34.7 Å². The van der Waals surface area contributed by atoms with E-state index >= 15 is 0 Å². The second kappa shape index (κ2) is 12.7. The van der Waals surface area contributed by atoms with E-state index in [4.69, 9.17) is 0 Å². The Labute approximate surface area is 226 Å². The lowest BCUT2D eigenvalue weighted by molar-refractivity contribution is -0.140. The normalized spacial score (nSPS) is 12.0. The second-order valence-electron chi connectivity index (χ2n) is 9.73. The zero-order valence-electron chi connectivity index (χ0n) is 22.8. The SMILES string of the molecule is CCNC(=O)[C@H](Cc1ccccc1)N(Cc1cccc(C)c1)C(=O)CN(c1cc(C)cc(C)c1)S(C)(=O)=O. The molecule has 0 aliphatic carbocycles. The molecule has 0 heterocycles. The van der Waals surface area contributed by atoms with Crippen LogP contribution in [0.2, 0.25) is 0 Å². The molecule has 0 aliphatic heterocycles. The van der Waals surface area contributed by atoms with Crippen molar-refractivity contribution in [1.29, 1.82) is 0 Å². The van der Waals surface area contributed by atoms with Crippen LogP contribution in [0, 0.1) is 20.8 Å². The average molecular weight is 536 g/mol. The molecule has 0 saturated carbocycles. The molecule has 7 nitrogen and oxygen atoms in total. The van der Waals surface area contributed by atoms with Crippen molar-refractivity contribution in [3.05, 3.63) is 101 Å². The van der Waals surface area contributed by atoms with E-state index in [1.54, 1.807) is 12.1 Å². The monoisotopic (exact) mass is 535 g/mol. The molecule has 1 N–H and O–H groups in total. The maximum absolute atomic E-state index is 14.0. The van der Waals surface area contributed by atoms with Crippen LogP contribution in [0.25, 0.3) is 0 Å². The van der Waals surface area contributed by atoms with Gasteiger partial charge in [-0.3, -0.25) is 13.9 Å². The van der Waals surface area contributed by atoms with Crippen molar-refractivity contribution < 1.29 is 18.0 Å². The first kappa shape index (κ1) is 28.9. The minimum absolute atomic E-state index is 0.166. The summed E-state index contributed by atoms with van der Waals surface area (Å²) in [5.41, 5.74) is 4.99. The van der Waals surface area contributed by atoms with E-state index in [9.17, 15) is 18.0 Å². The highest BCUT2D eigenvalue weighted by atomic mass is 32.2. The van der Waals surface area contributed by atoms with E-state index in [1.807, 2.05) is 88.4 Å². The van der Waals surface area contributed by atoms with E-state index in [2.05, 4.69) is 5.32 Å². The van der Waals surface area contributed by atoms with Crippen molar-refractivity contribution >= 4 is 27.5 Å². The first-order valence-electron chi connectivity index (χ1n) is 12.7. The quantitative estimate of drug-likeness (QED) is 0.400. The number of carbonyl (C=O) groups excluding carboxylic acids is 2. The molecule has 0 aliphatic rings. The number of nitrogens with zero attached hydrogens (tertiary/aromatic N) is 2. The minimum atomic E-state index is -3.79. The summed E-state index contributed by atoms with van der Waals surface area (Å²) in [7, 11) is -3.79. The molecule has 3 aromatic carbocycles. The molecule has 1 atom stereocenters. The smallest absolute Gasteiger partial charge is 0.244 e. The van der Waals surface area contributed by atoms with Crippen LogP contribution in [-0.2, 0) is 32.6 Å². The third-order valence-electron chi connectivity index (χ3n) is 6.23. The van der Waals surface area contributed by atoms with Gasteiger partial charge in [0, 0.05) is 19.5 Å². The molecule has 0 saturated heterocycles. The van der Waals surface area contributed by atoms with E-state index in [-0.39, 0.29) is 12.5 Å². The molecule has 3 aromatic rings. The van der Waals surface area contributed by atoms with Gasteiger partial charge < -0.3 is 10.2 Å². The Morgan fingerprint density at radius 3 is 2.05 bits per heavy atom.